The lowest BCUT2D eigenvalue weighted by molar-refractivity contribution is 0.939. The Bertz CT molecular complexity index is 355. The highest BCUT2D eigenvalue weighted by atomic mass is 32.2. The number of rotatable bonds is 0. The second kappa shape index (κ2) is 3.54. The first-order valence-corrected chi connectivity index (χ1v) is 5.72. The van der Waals surface area contributed by atoms with Crippen molar-refractivity contribution in [3.63, 3.8) is 0 Å². The Hall–Kier alpha value is -0.760. The Morgan fingerprint density at radius 1 is 1.38 bits per heavy atom. The van der Waals surface area contributed by atoms with Crippen LogP contribution in [0.1, 0.15) is 16.7 Å². The second-order valence-corrected chi connectivity index (χ2v) is 4.04. The molecule has 0 aromatic heterocycles. The third kappa shape index (κ3) is 1.51. The summed E-state index contributed by atoms with van der Waals surface area (Å²) < 4.78 is 0. The van der Waals surface area contributed by atoms with E-state index in [1.165, 1.54) is 21.7 Å². The molecular formula is C11H13NS. The summed E-state index contributed by atoms with van der Waals surface area (Å²) in [5, 5.41) is 1.20. The molecule has 0 saturated carbocycles. The highest BCUT2D eigenvalue weighted by Gasteiger charge is 2.13. The Kier molecular flexibility index (Phi) is 2.40. The van der Waals surface area contributed by atoms with Gasteiger partial charge in [-0.3, -0.25) is 4.99 Å². The van der Waals surface area contributed by atoms with Crippen LogP contribution in [-0.4, -0.2) is 17.8 Å². The average Bonchev–Trinajstić information content (AvgIpc) is 2.18. The van der Waals surface area contributed by atoms with Crippen molar-refractivity contribution >= 4 is 16.8 Å². The summed E-state index contributed by atoms with van der Waals surface area (Å²) in [7, 11) is 0. The summed E-state index contributed by atoms with van der Waals surface area (Å²) >= 11 is 1.75. The van der Waals surface area contributed by atoms with Crippen molar-refractivity contribution in [2.45, 2.75) is 13.3 Å². The molecule has 1 aromatic rings. The van der Waals surface area contributed by atoms with Crippen molar-refractivity contribution in [1.29, 1.82) is 0 Å². The average molecular weight is 191 g/mol. The lowest BCUT2D eigenvalue weighted by atomic mass is 9.98. The maximum absolute atomic E-state index is 4.51. The lowest BCUT2D eigenvalue weighted by Crippen LogP contribution is -2.10. The molecule has 0 fully saturated rings. The molecule has 1 aliphatic heterocycles. The van der Waals surface area contributed by atoms with Gasteiger partial charge in [-0.15, -0.1) is 11.8 Å². The maximum Gasteiger partial charge on any atom is 0.0977 e. The zero-order valence-electron chi connectivity index (χ0n) is 8.00. The van der Waals surface area contributed by atoms with Gasteiger partial charge in [0.25, 0.3) is 0 Å². The van der Waals surface area contributed by atoms with Gasteiger partial charge in [0.15, 0.2) is 0 Å². The van der Waals surface area contributed by atoms with E-state index in [-0.39, 0.29) is 0 Å². The van der Waals surface area contributed by atoms with Crippen LogP contribution in [0.5, 0.6) is 0 Å². The first-order chi connectivity index (χ1) is 6.33. The number of hydrogen-bond donors (Lipinski definition) is 0. The van der Waals surface area contributed by atoms with Gasteiger partial charge in [-0.25, -0.2) is 0 Å². The fraction of sp³-hybridized carbons (Fsp3) is 0.364. The predicted molar refractivity (Wildman–Crippen MR) is 59.8 cm³/mol. The van der Waals surface area contributed by atoms with E-state index < -0.39 is 0 Å². The minimum atomic E-state index is 0.952. The van der Waals surface area contributed by atoms with Crippen LogP contribution in [0, 0.1) is 6.92 Å². The van der Waals surface area contributed by atoms with E-state index in [0.29, 0.717) is 0 Å². The smallest absolute Gasteiger partial charge is 0.0977 e. The van der Waals surface area contributed by atoms with E-state index in [4.69, 9.17) is 0 Å². The topological polar surface area (TPSA) is 12.4 Å². The van der Waals surface area contributed by atoms with E-state index in [0.717, 1.165) is 13.0 Å². The highest BCUT2D eigenvalue weighted by Crippen LogP contribution is 2.23. The maximum atomic E-state index is 4.51. The monoisotopic (exact) mass is 191 g/mol. The van der Waals surface area contributed by atoms with Gasteiger partial charge in [0.2, 0.25) is 0 Å². The van der Waals surface area contributed by atoms with Crippen molar-refractivity contribution in [1.82, 2.24) is 0 Å². The van der Waals surface area contributed by atoms with E-state index in [2.05, 4.69) is 36.4 Å². The van der Waals surface area contributed by atoms with Gasteiger partial charge >= 0.3 is 0 Å². The molecule has 2 rings (SSSR count). The number of nitrogens with zero attached hydrogens (tertiary/aromatic N) is 1. The van der Waals surface area contributed by atoms with Crippen LogP contribution in [0.25, 0.3) is 0 Å². The summed E-state index contributed by atoms with van der Waals surface area (Å²) in [4.78, 5) is 4.51. The van der Waals surface area contributed by atoms with E-state index in [1.807, 2.05) is 0 Å². The van der Waals surface area contributed by atoms with Crippen molar-refractivity contribution < 1.29 is 0 Å². The standard InChI is InChI=1S/C11H13NS/c1-8-4-3-5-10-9(8)6-7-12-11(10)13-2/h3-5H,6-7H2,1-2H3. The molecule has 1 heterocycles. The van der Waals surface area contributed by atoms with Gasteiger partial charge in [0.1, 0.15) is 0 Å². The number of aliphatic imine (C=N–C) groups is 1. The molecule has 0 spiro atoms. The molecule has 0 atom stereocenters. The third-order valence-electron chi connectivity index (χ3n) is 2.45. The van der Waals surface area contributed by atoms with Crippen molar-refractivity contribution in [2.24, 2.45) is 4.99 Å². The normalized spacial score (nSPS) is 15.1. The largest absolute Gasteiger partial charge is 0.277 e. The molecule has 13 heavy (non-hydrogen) atoms. The first-order valence-electron chi connectivity index (χ1n) is 4.50. The molecule has 2 heteroatoms. The highest BCUT2D eigenvalue weighted by molar-refractivity contribution is 8.13. The molecule has 0 unspecified atom stereocenters. The molecule has 0 radical (unpaired) electrons. The third-order valence-corrected chi connectivity index (χ3v) is 3.19. The Morgan fingerprint density at radius 3 is 3.00 bits per heavy atom. The molecule has 0 amide bonds. The molecule has 0 saturated heterocycles. The van der Waals surface area contributed by atoms with Crippen LogP contribution >= 0.6 is 11.8 Å². The zero-order chi connectivity index (χ0) is 9.26. The molecule has 1 nitrogen and oxygen atoms in total. The van der Waals surface area contributed by atoms with Gasteiger partial charge in [-0.1, -0.05) is 18.2 Å². The van der Waals surface area contributed by atoms with Gasteiger partial charge in [-0.2, -0.15) is 0 Å². The van der Waals surface area contributed by atoms with Crippen LogP contribution in [0.15, 0.2) is 23.2 Å². The minimum Gasteiger partial charge on any atom is -0.277 e. The second-order valence-electron chi connectivity index (χ2n) is 3.24. The Morgan fingerprint density at radius 2 is 2.23 bits per heavy atom. The number of hydrogen-bond acceptors (Lipinski definition) is 2. The van der Waals surface area contributed by atoms with Crippen molar-refractivity contribution in [3.8, 4) is 0 Å². The van der Waals surface area contributed by atoms with Gasteiger partial charge in [0.05, 0.1) is 5.04 Å². The van der Waals surface area contributed by atoms with Gasteiger partial charge < -0.3 is 0 Å². The number of fused-ring (bicyclic) bond motifs is 1. The van der Waals surface area contributed by atoms with Crippen LogP contribution in [0.2, 0.25) is 0 Å². The summed E-state index contributed by atoms with van der Waals surface area (Å²) in [6.45, 7) is 3.14. The zero-order valence-corrected chi connectivity index (χ0v) is 8.82. The number of benzene rings is 1. The SMILES string of the molecule is CSC1=NCCc2c(C)cccc21. The molecule has 68 valence electrons. The van der Waals surface area contributed by atoms with Crippen molar-refractivity contribution in [3.05, 3.63) is 34.9 Å². The van der Waals surface area contributed by atoms with Crippen LogP contribution in [0.3, 0.4) is 0 Å². The van der Waals surface area contributed by atoms with Crippen LogP contribution < -0.4 is 0 Å². The van der Waals surface area contributed by atoms with E-state index in [1.54, 1.807) is 11.8 Å². The molecule has 1 aliphatic rings. The molecule has 1 aromatic carbocycles. The van der Waals surface area contributed by atoms with Gasteiger partial charge in [0, 0.05) is 12.1 Å². The number of aryl methyl sites for hydroxylation is 1. The molecule has 0 N–H and O–H groups in total. The quantitative estimate of drug-likeness (QED) is 0.614. The first kappa shape index (κ1) is 8.82. The molecular weight excluding hydrogens is 178 g/mol. The summed E-state index contributed by atoms with van der Waals surface area (Å²) in [6.07, 6.45) is 3.20. The Labute approximate surface area is 83.3 Å². The predicted octanol–water partition coefficient (Wildman–Crippen LogP) is 2.66. The fourth-order valence-electron chi connectivity index (χ4n) is 1.76. The summed E-state index contributed by atoms with van der Waals surface area (Å²) in [6, 6.07) is 6.48. The van der Waals surface area contributed by atoms with Crippen LogP contribution in [0.4, 0.5) is 0 Å². The lowest BCUT2D eigenvalue weighted by Gasteiger charge is -2.17. The molecule has 0 aliphatic carbocycles. The van der Waals surface area contributed by atoms with Crippen molar-refractivity contribution in [2.75, 3.05) is 12.8 Å². The summed E-state index contributed by atoms with van der Waals surface area (Å²) in [5.41, 5.74) is 4.24. The minimum absolute atomic E-state index is 0.952. The fourth-order valence-corrected chi connectivity index (χ4v) is 2.39. The molecule has 0 bridgehead atoms. The summed E-state index contributed by atoms with van der Waals surface area (Å²) in [5.74, 6) is 0. The van der Waals surface area contributed by atoms with Gasteiger partial charge in [-0.05, 0) is 30.7 Å². The Balaban J connectivity index is 2.55. The number of thioether (sulfide) groups is 1. The van der Waals surface area contributed by atoms with E-state index in [9.17, 15) is 0 Å². The van der Waals surface area contributed by atoms with E-state index >= 15 is 0 Å². The van der Waals surface area contributed by atoms with Crippen LogP contribution in [-0.2, 0) is 6.42 Å².